The van der Waals surface area contributed by atoms with E-state index in [4.69, 9.17) is 0 Å². The largest absolute Gasteiger partial charge is 0.487 e. The molecule has 0 radical (unpaired) electrons. The minimum absolute atomic E-state index is 0.148. The summed E-state index contributed by atoms with van der Waals surface area (Å²) < 4.78 is 36.5. The summed E-state index contributed by atoms with van der Waals surface area (Å²) in [5.41, 5.74) is 0. The Hall–Kier alpha value is -1.31. The molecule has 0 atom stereocenters. The summed E-state index contributed by atoms with van der Waals surface area (Å²) >= 11 is 0. The molecule has 0 aliphatic carbocycles. The van der Waals surface area contributed by atoms with Gasteiger partial charge in [-0.05, 0) is 0 Å². The van der Waals surface area contributed by atoms with Crippen LogP contribution in [0, 0.1) is 0 Å². The molecule has 15 heavy (non-hydrogen) atoms. The van der Waals surface area contributed by atoms with Crippen LogP contribution in [0.1, 0.15) is 6.92 Å². The van der Waals surface area contributed by atoms with Crippen molar-refractivity contribution in [2.24, 2.45) is 0 Å². The number of alkyl halides is 3. The van der Waals surface area contributed by atoms with E-state index < -0.39 is 31.3 Å². The van der Waals surface area contributed by atoms with Crippen molar-refractivity contribution in [3.05, 3.63) is 0 Å². The number of amides is 1. The first-order valence-corrected chi connectivity index (χ1v) is 4.11. The average molecular weight is 226 g/mol. The van der Waals surface area contributed by atoms with E-state index in [0.717, 1.165) is 12.0 Å². The lowest BCUT2D eigenvalue weighted by Crippen LogP contribution is -2.55. The highest BCUT2D eigenvalue weighted by molar-refractivity contribution is 5.79. The van der Waals surface area contributed by atoms with Crippen molar-refractivity contribution in [3.8, 4) is 0 Å². The molecule has 1 saturated heterocycles. The molecule has 1 aliphatic rings. The Morgan fingerprint density at radius 3 is 2.40 bits per heavy atom. The molecule has 0 N–H and O–H groups in total. The van der Waals surface area contributed by atoms with Crippen molar-refractivity contribution in [2.45, 2.75) is 13.2 Å². The molecular weight excluding hydrogens is 217 g/mol. The Kier molecular flexibility index (Phi) is 3.18. The topological polar surface area (TPSA) is 49.9 Å². The SMILES string of the molecule is CC(=O)ON1CCN(C(F)(F)F)C(=O)C1. The van der Waals surface area contributed by atoms with Crippen LogP contribution >= 0.6 is 0 Å². The molecule has 0 bridgehead atoms. The van der Waals surface area contributed by atoms with Crippen LogP contribution < -0.4 is 0 Å². The van der Waals surface area contributed by atoms with Gasteiger partial charge in [0.1, 0.15) is 6.54 Å². The fourth-order valence-corrected chi connectivity index (χ4v) is 1.18. The van der Waals surface area contributed by atoms with Gasteiger partial charge in [-0.15, -0.1) is 18.2 Å². The summed E-state index contributed by atoms with van der Waals surface area (Å²) in [4.78, 5) is 25.8. The fourth-order valence-electron chi connectivity index (χ4n) is 1.18. The zero-order valence-electron chi connectivity index (χ0n) is 7.87. The molecule has 86 valence electrons. The summed E-state index contributed by atoms with van der Waals surface area (Å²) in [6.07, 6.45) is -4.67. The van der Waals surface area contributed by atoms with Gasteiger partial charge in [0.05, 0.1) is 6.54 Å². The van der Waals surface area contributed by atoms with Crippen molar-refractivity contribution in [2.75, 3.05) is 19.6 Å². The van der Waals surface area contributed by atoms with Crippen molar-refractivity contribution in [1.82, 2.24) is 9.96 Å². The fraction of sp³-hybridized carbons (Fsp3) is 0.714. The third-order valence-corrected chi connectivity index (χ3v) is 1.75. The van der Waals surface area contributed by atoms with Gasteiger partial charge in [0.15, 0.2) is 0 Å². The number of rotatable bonds is 1. The normalized spacial score (nSPS) is 19.2. The first-order valence-electron chi connectivity index (χ1n) is 4.11. The molecule has 1 aliphatic heterocycles. The molecule has 0 spiro atoms. The highest BCUT2D eigenvalue weighted by Gasteiger charge is 2.43. The number of hydrogen-bond donors (Lipinski definition) is 0. The minimum Gasteiger partial charge on any atom is -0.368 e. The van der Waals surface area contributed by atoms with Crippen molar-refractivity contribution in [1.29, 1.82) is 0 Å². The Morgan fingerprint density at radius 1 is 1.40 bits per heavy atom. The van der Waals surface area contributed by atoms with Crippen LogP contribution in [-0.2, 0) is 14.4 Å². The van der Waals surface area contributed by atoms with E-state index in [1.165, 1.54) is 0 Å². The Morgan fingerprint density at radius 2 is 2.00 bits per heavy atom. The van der Waals surface area contributed by atoms with Gasteiger partial charge in [0, 0.05) is 13.5 Å². The standard InChI is InChI=1S/C7H9F3N2O3/c1-5(13)15-11-2-3-12(6(14)4-11)7(8,9)10/h2-4H2,1H3. The van der Waals surface area contributed by atoms with Crippen molar-refractivity contribution < 1.29 is 27.6 Å². The molecule has 1 amide bonds. The smallest absolute Gasteiger partial charge is 0.368 e. The van der Waals surface area contributed by atoms with Gasteiger partial charge in [-0.3, -0.25) is 14.5 Å². The van der Waals surface area contributed by atoms with Crippen LogP contribution in [0.5, 0.6) is 0 Å². The van der Waals surface area contributed by atoms with E-state index >= 15 is 0 Å². The van der Waals surface area contributed by atoms with E-state index in [0.29, 0.717) is 0 Å². The monoisotopic (exact) mass is 226 g/mol. The van der Waals surface area contributed by atoms with E-state index in [-0.39, 0.29) is 11.4 Å². The van der Waals surface area contributed by atoms with Crippen LogP contribution in [0.15, 0.2) is 0 Å². The van der Waals surface area contributed by atoms with E-state index in [1.54, 1.807) is 0 Å². The number of hydroxylamine groups is 2. The Labute approximate surface area is 83.3 Å². The van der Waals surface area contributed by atoms with Gasteiger partial charge in [-0.25, -0.2) is 0 Å². The molecule has 0 unspecified atom stereocenters. The molecule has 1 heterocycles. The second kappa shape index (κ2) is 4.05. The van der Waals surface area contributed by atoms with Gasteiger partial charge in [0.25, 0.3) is 0 Å². The summed E-state index contributed by atoms with van der Waals surface area (Å²) in [5.74, 6) is -1.79. The van der Waals surface area contributed by atoms with Gasteiger partial charge >= 0.3 is 12.3 Å². The lowest BCUT2D eigenvalue weighted by Gasteiger charge is -2.33. The number of halogens is 3. The first-order chi connectivity index (χ1) is 6.80. The van der Waals surface area contributed by atoms with Gasteiger partial charge in [-0.1, -0.05) is 0 Å². The molecule has 8 heteroatoms. The van der Waals surface area contributed by atoms with Crippen molar-refractivity contribution in [3.63, 3.8) is 0 Å². The third-order valence-electron chi connectivity index (χ3n) is 1.75. The molecule has 0 aromatic heterocycles. The van der Waals surface area contributed by atoms with Crippen LogP contribution in [0.3, 0.4) is 0 Å². The third kappa shape index (κ3) is 3.08. The maximum Gasteiger partial charge on any atom is 0.487 e. The molecule has 0 saturated carbocycles. The number of nitrogens with zero attached hydrogens (tertiary/aromatic N) is 2. The van der Waals surface area contributed by atoms with E-state index in [1.807, 2.05) is 0 Å². The number of carbonyl (C=O) groups excluding carboxylic acids is 2. The predicted octanol–water partition coefficient (Wildman–Crippen LogP) is 0.129. The van der Waals surface area contributed by atoms with Crippen LogP contribution in [-0.4, -0.2) is 47.8 Å². The van der Waals surface area contributed by atoms with E-state index in [2.05, 4.69) is 4.84 Å². The maximum atomic E-state index is 12.2. The van der Waals surface area contributed by atoms with Crippen LogP contribution in [0.2, 0.25) is 0 Å². The predicted molar refractivity (Wildman–Crippen MR) is 41.1 cm³/mol. The lowest BCUT2D eigenvalue weighted by molar-refractivity contribution is -0.258. The zero-order chi connectivity index (χ0) is 11.6. The number of carbonyl (C=O) groups is 2. The molecule has 1 fully saturated rings. The van der Waals surface area contributed by atoms with Gasteiger partial charge in [0.2, 0.25) is 5.91 Å². The minimum atomic E-state index is -4.67. The van der Waals surface area contributed by atoms with Gasteiger partial charge < -0.3 is 4.84 Å². The van der Waals surface area contributed by atoms with Crippen molar-refractivity contribution >= 4 is 11.9 Å². The maximum absolute atomic E-state index is 12.2. The highest BCUT2D eigenvalue weighted by atomic mass is 19.4. The Balaban J connectivity index is 2.56. The van der Waals surface area contributed by atoms with Crippen LogP contribution in [0.4, 0.5) is 13.2 Å². The molecule has 0 aromatic rings. The second-order valence-corrected chi connectivity index (χ2v) is 2.96. The molecule has 1 rings (SSSR count). The summed E-state index contributed by atoms with van der Waals surface area (Å²) in [6.45, 7) is -0.139. The Bertz CT molecular complexity index is 279. The molecule has 5 nitrogen and oxygen atoms in total. The summed E-state index contributed by atoms with van der Waals surface area (Å²) in [6, 6.07) is 0. The summed E-state index contributed by atoms with van der Waals surface area (Å²) in [7, 11) is 0. The lowest BCUT2D eigenvalue weighted by atomic mass is 10.4. The quantitative estimate of drug-likeness (QED) is 0.596. The highest BCUT2D eigenvalue weighted by Crippen LogP contribution is 2.23. The summed E-state index contributed by atoms with van der Waals surface area (Å²) in [5, 5.41) is 0.910. The number of hydrogen-bond acceptors (Lipinski definition) is 4. The molecule has 0 aromatic carbocycles. The van der Waals surface area contributed by atoms with E-state index in [9.17, 15) is 22.8 Å². The van der Waals surface area contributed by atoms with Gasteiger partial charge in [-0.2, -0.15) is 0 Å². The zero-order valence-corrected chi connectivity index (χ0v) is 7.87. The first kappa shape index (κ1) is 11.8. The second-order valence-electron chi connectivity index (χ2n) is 2.96. The number of piperazine rings is 1. The molecular formula is C7H9F3N2O3. The van der Waals surface area contributed by atoms with Crippen LogP contribution in [0.25, 0.3) is 0 Å². The average Bonchev–Trinajstić information content (AvgIpc) is 1.99.